The van der Waals surface area contributed by atoms with Crippen LogP contribution in [0.3, 0.4) is 0 Å². The lowest BCUT2D eigenvalue weighted by atomic mass is 9.68. The number of benzene rings is 2. The minimum atomic E-state index is -0.909. The first-order chi connectivity index (χ1) is 11.5. The number of fused-ring (bicyclic) bond motifs is 1. The monoisotopic (exact) mass is 324 g/mol. The van der Waals surface area contributed by atoms with Gasteiger partial charge in [-0.15, -0.1) is 0 Å². The van der Waals surface area contributed by atoms with Gasteiger partial charge in [-0.05, 0) is 24.1 Å². The van der Waals surface area contributed by atoms with E-state index in [4.69, 9.17) is 0 Å². The van der Waals surface area contributed by atoms with Gasteiger partial charge >= 0.3 is 0 Å². The molecule has 0 bridgehead atoms. The first-order valence-corrected chi connectivity index (χ1v) is 7.57. The van der Waals surface area contributed by atoms with Crippen LogP contribution in [0.5, 0.6) is 0 Å². The minimum Gasteiger partial charge on any atom is -0.325 e. The van der Waals surface area contributed by atoms with E-state index in [2.05, 4.69) is 5.32 Å². The molecule has 2 atom stereocenters. The Morgan fingerprint density at radius 3 is 2.50 bits per heavy atom. The average Bonchev–Trinajstić information content (AvgIpc) is 2.85. The van der Waals surface area contributed by atoms with E-state index in [0.29, 0.717) is 0 Å². The van der Waals surface area contributed by atoms with Gasteiger partial charge in [-0.25, -0.2) is 0 Å². The number of carbonyl (C=O) groups is 2. The van der Waals surface area contributed by atoms with E-state index in [-0.39, 0.29) is 18.0 Å². The van der Waals surface area contributed by atoms with E-state index in [0.717, 1.165) is 23.1 Å². The molecule has 2 aromatic carbocycles. The third kappa shape index (κ3) is 2.36. The highest BCUT2D eigenvalue weighted by atomic mass is 16.6. The smallest absolute Gasteiger partial charge is 0.269 e. The van der Waals surface area contributed by atoms with Gasteiger partial charge in [0.15, 0.2) is 0 Å². The SMILES string of the molecule is CC1(C(CC=O)c2ccc([N+](=O)[O-])cc2)C(=O)Nc2ccccc21. The van der Waals surface area contributed by atoms with Crippen LogP contribution in [0.4, 0.5) is 11.4 Å². The summed E-state index contributed by atoms with van der Waals surface area (Å²) in [4.78, 5) is 34.3. The van der Waals surface area contributed by atoms with Crippen molar-refractivity contribution >= 4 is 23.6 Å². The number of nitro groups is 1. The molecule has 0 aromatic heterocycles. The van der Waals surface area contributed by atoms with Crippen molar-refractivity contribution in [2.75, 3.05) is 5.32 Å². The maximum Gasteiger partial charge on any atom is 0.269 e. The molecule has 0 fully saturated rings. The summed E-state index contributed by atoms with van der Waals surface area (Å²) in [6.45, 7) is 1.81. The summed E-state index contributed by atoms with van der Waals surface area (Å²) in [5.41, 5.74) is 1.36. The number of para-hydroxylation sites is 1. The maximum absolute atomic E-state index is 12.7. The number of aldehydes is 1. The molecule has 0 radical (unpaired) electrons. The zero-order valence-corrected chi connectivity index (χ0v) is 13.1. The summed E-state index contributed by atoms with van der Waals surface area (Å²) in [5.74, 6) is -0.576. The fourth-order valence-corrected chi connectivity index (χ4v) is 3.40. The first-order valence-electron chi connectivity index (χ1n) is 7.57. The Kier molecular flexibility index (Phi) is 3.89. The van der Waals surface area contributed by atoms with Crippen LogP contribution in [0.15, 0.2) is 48.5 Å². The van der Waals surface area contributed by atoms with Gasteiger partial charge in [0.05, 0.1) is 10.3 Å². The lowest BCUT2D eigenvalue weighted by Crippen LogP contribution is -2.38. The number of hydrogen-bond donors (Lipinski definition) is 1. The molecule has 0 aliphatic carbocycles. The summed E-state index contributed by atoms with van der Waals surface area (Å²) in [6.07, 6.45) is 0.932. The summed E-state index contributed by atoms with van der Waals surface area (Å²) in [7, 11) is 0. The van der Waals surface area contributed by atoms with Crippen molar-refractivity contribution in [1.82, 2.24) is 0 Å². The summed E-state index contributed by atoms with van der Waals surface area (Å²) in [5, 5.41) is 13.7. The predicted molar refractivity (Wildman–Crippen MR) is 88.9 cm³/mol. The van der Waals surface area contributed by atoms with Crippen molar-refractivity contribution in [3.63, 3.8) is 0 Å². The lowest BCUT2D eigenvalue weighted by Gasteiger charge is -2.32. The summed E-state index contributed by atoms with van der Waals surface area (Å²) >= 11 is 0. The predicted octanol–water partition coefficient (Wildman–Crippen LogP) is 3.18. The third-order valence-electron chi connectivity index (χ3n) is 4.74. The molecule has 24 heavy (non-hydrogen) atoms. The van der Waals surface area contributed by atoms with Gasteiger partial charge in [-0.3, -0.25) is 14.9 Å². The summed E-state index contributed by atoms with van der Waals surface area (Å²) in [6, 6.07) is 13.4. The molecule has 6 heteroatoms. The normalized spacial score (nSPS) is 20.1. The zero-order chi connectivity index (χ0) is 17.3. The number of carbonyl (C=O) groups excluding carboxylic acids is 2. The molecule has 122 valence electrons. The van der Waals surface area contributed by atoms with Crippen molar-refractivity contribution in [1.29, 1.82) is 0 Å². The van der Waals surface area contributed by atoms with Crippen molar-refractivity contribution in [2.24, 2.45) is 0 Å². The molecule has 1 N–H and O–H groups in total. The van der Waals surface area contributed by atoms with Gasteiger partial charge in [0.2, 0.25) is 5.91 Å². The Morgan fingerprint density at radius 1 is 1.21 bits per heavy atom. The van der Waals surface area contributed by atoms with Gasteiger partial charge in [0, 0.05) is 30.2 Å². The van der Waals surface area contributed by atoms with Crippen molar-refractivity contribution in [3.8, 4) is 0 Å². The number of rotatable bonds is 5. The van der Waals surface area contributed by atoms with E-state index >= 15 is 0 Å². The third-order valence-corrected chi connectivity index (χ3v) is 4.74. The largest absolute Gasteiger partial charge is 0.325 e. The Morgan fingerprint density at radius 2 is 1.88 bits per heavy atom. The fourth-order valence-electron chi connectivity index (χ4n) is 3.40. The topological polar surface area (TPSA) is 89.3 Å². The number of nitro benzene ring substituents is 1. The number of nitrogens with zero attached hydrogens (tertiary/aromatic N) is 1. The van der Waals surface area contributed by atoms with Crippen molar-refractivity contribution in [3.05, 3.63) is 69.8 Å². The minimum absolute atomic E-state index is 0.0231. The Hall–Kier alpha value is -3.02. The van der Waals surface area contributed by atoms with Gasteiger partial charge in [-0.1, -0.05) is 30.3 Å². The highest BCUT2D eigenvalue weighted by Crippen LogP contribution is 2.48. The van der Waals surface area contributed by atoms with Crippen LogP contribution in [0.2, 0.25) is 0 Å². The number of hydrogen-bond acceptors (Lipinski definition) is 4. The Balaban J connectivity index is 2.09. The van der Waals surface area contributed by atoms with Crippen LogP contribution in [-0.4, -0.2) is 17.1 Å². The highest BCUT2D eigenvalue weighted by Gasteiger charge is 2.48. The quantitative estimate of drug-likeness (QED) is 0.519. The van der Waals surface area contributed by atoms with Crippen LogP contribution >= 0.6 is 0 Å². The highest BCUT2D eigenvalue weighted by molar-refractivity contribution is 6.06. The van der Waals surface area contributed by atoms with Crippen LogP contribution in [0.1, 0.15) is 30.4 Å². The molecule has 1 heterocycles. The molecule has 3 rings (SSSR count). The Bertz CT molecular complexity index is 816. The van der Waals surface area contributed by atoms with E-state index in [1.807, 2.05) is 31.2 Å². The second kappa shape index (κ2) is 5.88. The number of anilines is 1. The fraction of sp³-hybridized carbons (Fsp3) is 0.222. The Labute approximate surface area is 138 Å². The zero-order valence-electron chi connectivity index (χ0n) is 13.1. The van der Waals surface area contributed by atoms with Gasteiger partial charge in [-0.2, -0.15) is 0 Å². The second-order valence-corrected chi connectivity index (χ2v) is 6.01. The van der Waals surface area contributed by atoms with E-state index in [9.17, 15) is 19.7 Å². The average molecular weight is 324 g/mol. The van der Waals surface area contributed by atoms with Crippen molar-refractivity contribution < 1.29 is 14.5 Å². The van der Waals surface area contributed by atoms with Gasteiger partial charge in [0.1, 0.15) is 6.29 Å². The van der Waals surface area contributed by atoms with Crippen LogP contribution in [0, 0.1) is 10.1 Å². The molecule has 1 aliphatic rings. The molecular formula is C18H16N2O4. The number of amides is 1. The molecule has 1 aliphatic heterocycles. The standard InChI is InChI=1S/C18H16N2O4/c1-18(15-4-2-3-5-16(15)19-17(18)22)14(10-11-21)12-6-8-13(9-7-12)20(23)24/h2-9,11,14H,10H2,1H3,(H,19,22). The molecule has 2 unspecified atom stereocenters. The van der Waals surface area contributed by atoms with E-state index < -0.39 is 16.3 Å². The van der Waals surface area contributed by atoms with Gasteiger partial charge < -0.3 is 10.1 Å². The molecule has 2 aromatic rings. The van der Waals surface area contributed by atoms with Crippen LogP contribution in [-0.2, 0) is 15.0 Å². The van der Waals surface area contributed by atoms with Crippen LogP contribution in [0.25, 0.3) is 0 Å². The lowest BCUT2D eigenvalue weighted by molar-refractivity contribution is -0.384. The van der Waals surface area contributed by atoms with Gasteiger partial charge in [0.25, 0.3) is 5.69 Å². The molecular weight excluding hydrogens is 308 g/mol. The van der Waals surface area contributed by atoms with E-state index in [1.54, 1.807) is 12.1 Å². The summed E-state index contributed by atoms with van der Waals surface area (Å²) < 4.78 is 0. The van der Waals surface area contributed by atoms with Crippen LogP contribution < -0.4 is 5.32 Å². The number of nitrogens with one attached hydrogen (secondary N) is 1. The van der Waals surface area contributed by atoms with Crippen molar-refractivity contribution in [2.45, 2.75) is 24.7 Å². The molecule has 1 amide bonds. The first kappa shape index (κ1) is 15.9. The number of non-ortho nitro benzene ring substituents is 1. The van der Waals surface area contributed by atoms with E-state index in [1.165, 1.54) is 12.1 Å². The molecule has 0 spiro atoms. The second-order valence-electron chi connectivity index (χ2n) is 6.01. The maximum atomic E-state index is 12.7. The molecule has 0 saturated carbocycles. The molecule has 0 saturated heterocycles. The molecule has 6 nitrogen and oxygen atoms in total.